The van der Waals surface area contributed by atoms with Crippen LogP contribution in [0.2, 0.25) is 0 Å². The summed E-state index contributed by atoms with van der Waals surface area (Å²) in [5, 5.41) is 12.5. The molecule has 0 saturated carbocycles. The quantitative estimate of drug-likeness (QED) is 0.750. The van der Waals surface area contributed by atoms with E-state index in [0.717, 1.165) is 12.0 Å². The highest BCUT2D eigenvalue weighted by Gasteiger charge is 2.20. The lowest BCUT2D eigenvalue weighted by molar-refractivity contribution is -0.139. The number of hydrogen-bond acceptors (Lipinski definition) is 4. The Labute approximate surface area is 149 Å². The van der Waals surface area contributed by atoms with E-state index in [9.17, 15) is 9.90 Å². The number of aromatic nitrogens is 1. The molecule has 5 nitrogen and oxygen atoms in total. The van der Waals surface area contributed by atoms with Gasteiger partial charge in [0.05, 0.1) is 0 Å². The number of ether oxygens (including phenoxy) is 1. The minimum Gasteiger partial charge on any atom is -0.480 e. The number of nitrogens with zero attached hydrogens (tertiary/aromatic N) is 1. The molecule has 2 N–H and O–H groups in total. The predicted octanol–water partition coefficient (Wildman–Crippen LogP) is 4.24. The zero-order chi connectivity index (χ0) is 18.3. The van der Waals surface area contributed by atoms with Gasteiger partial charge in [0.2, 0.25) is 5.88 Å². The van der Waals surface area contributed by atoms with Crippen molar-refractivity contribution in [2.45, 2.75) is 46.2 Å². The SMILES string of the molecule is CC(C)(C)CC[C@H](NCc1ccnc(Oc2ccccc2)c1)C(=O)O. The van der Waals surface area contributed by atoms with Gasteiger partial charge in [0.1, 0.15) is 11.8 Å². The molecular weight excluding hydrogens is 316 g/mol. The second kappa shape index (κ2) is 8.62. The molecule has 0 aliphatic carbocycles. The van der Waals surface area contributed by atoms with Crippen molar-refractivity contribution in [2.24, 2.45) is 5.41 Å². The third-order valence-electron chi connectivity index (χ3n) is 3.80. The summed E-state index contributed by atoms with van der Waals surface area (Å²) >= 11 is 0. The Hall–Kier alpha value is -2.40. The van der Waals surface area contributed by atoms with E-state index in [-0.39, 0.29) is 5.41 Å². The molecular formula is C20H26N2O3. The summed E-state index contributed by atoms with van der Waals surface area (Å²) in [6, 6.07) is 12.5. The van der Waals surface area contributed by atoms with Gasteiger partial charge in [0, 0.05) is 18.8 Å². The Balaban J connectivity index is 1.95. The lowest BCUT2D eigenvalue weighted by atomic mass is 9.88. The molecule has 0 radical (unpaired) electrons. The number of rotatable bonds is 8. The summed E-state index contributed by atoms with van der Waals surface area (Å²) in [5.41, 5.74) is 1.05. The predicted molar refractivity (Wildman–Crippen MR) is 97.7 cm³/mol. The van der Waals surface area contributed by atoms with Crippen molar-refractivity contribution in [1.82, 2.24) is 10.3 Å². The van der Waals surface area contributed by atoms with Crippen LogP contribution >= 0.6 is 0 Å². The van der Waals surface area contributed by atoms with Crippen molar-refractivity contribution in [2.75, 3.05) is 0 Å². The number of hydrogen-bond donors (Lipinski definition) is 2. The van der Waals surface area contributed by atoms with E-state index in [4.69, 9.17) is 4.74 Å². The highest BCUT2D eigenvalue weighted by molar-refractivity contribution is 5.73. The molecule has 0 amide bonds. The molecule has 0 aliphatic heterocycles. The second-order valence-corrected chi connectivity index (χ2v) is 7.29. The number of aliphatic carboxylic acids is 1. The van der Waals surface area contributed by atoms with Crippen LogP contribution in [0.15, 0.2) is 48.7 Å². The molecule has 1 heterocycles. The van der Waals surface area contributed by atoms with E-state index in [2.05, 4.69) is 31.1 Å². The third-order valence-corrected chi connectivity index (χ3v) is 3.80. The van der Waals surface area contributed by atoms with E-state index >= 15 is 0 Å². The van der Waals surface area contributed by atoms with Gasteiger partial charge in [-0.1, -0.05) is 39.0 Å². The van der Waals surface area contributed by atoms with Crippen LogP contribution in [0.1, 0.15) is 39.2 Å². The fraction of sp³-hybridized carbons (Fsp3) is 0.400. The first-order valence-corrected chi connectivity index (χ1v) is 8.47. The number of benzene rings is 1. The van der Waals surface area contributed by atoms with Crippen molar-refractivity contribution < 1.29 is 14.6 Å². The normalized spacial score (nSPS) is 12.6. The van der Waals surface area contributed by atoms with Crippen LogP contribution in [0.25, 0.3) is 0 Å². The van der Waals surface area contributed by atoms with Crippen LogP contribution < -0.4 is 10.1 Å². The average Bonchev–Trinajstić information content (AvgIpc) is 2.55. The van der Waals surface area contributed by atoms with Gasteiger partial charge in [-0.3, -0.25) is 4.79 Å². The van der Waals surface area contributed by atoms with Crippen LogP contribution in [-0.2, 0) is 11.3 Å². The molecule has 0 unspecified atom stereocenters. The Morgan fingerprint density at radius 1 is 1.24 bits per heavy atom. The molecule has 1 atom stereocenters. The Kier molecular flexibility index (Phi) is 6.53. The molecule has 0 saturated heterocycles. The minimum absolute atomic E-state index is 0.114. The molecule has 2 rings (SSSR count). The van der Waals surface area contributed by atoms with Gasteiger partial charge in [-0.25, -0.2) is 4.98 Å². The molecule has 0 fully saturated rings. The van der Waals surface area contributed by atoms with E-state index in [0.29, 0.717) is 24.6 Å². The summed E-state index contributed by atoms with van der Waals surface area (Å²) in [6.45, 7) is 6.79. The van der Waals surface area contributed by atoms with Crippen LogP contribution in [0, 0.1) is 5.41 Å². The van der Waals surface area contributed by atoms with Gasteiger partial charge in [-0.05, 0) is 42.0 Å². The average molecular weight is 342 g/mol. The highest BCUT2D eigenvalue weighted by Crippen LogP contribution is 2.22. The summed E-state index contributed by atoms with van der Waals surface area (Å²) in [4.78, 5) is 15.6. The van der Waals surface area contributed by atoms with E-state index in [1.807, 2.05) is 42.5 Å². The smallest absolute Gasteiger partial charge is 0.320 e. The molecule has 0 aliphatic rings. The Morgan fingerprint density at radius 2 is 1.96 bits per heavy atom. The molecule has 2 aromatic rings. The molecule has 25 heavy (non-hydrogen) atoms. The number of carboxylic acids is 1. The second-order valence-electron chi connectivity index (χ2n) is 7.29. The molecule has 134 valence electrons. The molecule has 0 spiro atoms. The maximum absolute atomic E-state index is 11.4. The van der Waals surface area contributed by atoms with E-state index in [1.165, 1.54) is 0 Å². The fourth-order valence-corrected chi connectivity index (χ4v) is 2.36. The van der Waals surface area contributed by atoms with Crippen molar-refractivity contribution in [3.63, 3.8) is 0 Å². The van der Waals surface area contributed by atoms with Crippen LogP contribution in [0.4, 0.5) is 0 Å². The van der Waals surface area contributed by atoms with Gasteiger partial charge >= 0.3 is 5.97 Å². The molecule has 1 aromatic carbocycles. The standard InChI is InChI=1S/C20H26N2O3/c1-20(2,3)11-9-17(19(23)24)22-14-15-10-12-21-18(13-15)25-16-7-5-4-6-8-16/h4-8,10,12-13,17,22H,9,11,14H2,1-3H3,(H,23,24)/t17-/m0/s1. The summed E-state index contributed by atoms with van der Waals surface area (Å²) in [5.74, 6) is 0.389. The van der Waals surface area contributed by atoms with Crippen LogP contribution in [0.5, 0.6) is 11.6 Å². The minimum atomic E-state index is -0.820. The zero-order valence-corrected chi connectivity index (χ0v) is 15.0. The molecule has 1 aromatic heterocycles. The number of pyridine rings is 1. The first-order valence-electron chi connectivity index (χ1n) is 8.47. The maximum atomic E-state index is 11.4. The van der Waals surface area contributed by atoms with Crippen molar-refractivity contribution in [1.29, 1.82) is 0 Å². The number of carboxylic acid groups (broad SMARTS) is 1. The van der Waals surface area contributed by atoms with Crippen LogP contribution in [-0.4, -0.2) is 22.1 Å². The summed E-state index contributed by atoms with van der Waals surface area (Å²) < 4.78 is 5.71. The molecule has 0 bridgehead atoms. The Bertz CT molecular complexity index is 681. The number of para-hydroxylation sites is 1. The summed E-state index contributed by atoms with van der Waals surface area (Å²) in [6.07, 6.45) is 3.10. The van der Waals surface area contributed by atoms with Gasteiger partial charge in [-0.15, -0.1) is 0 Å². The van der Waals surface area contributed by atoms with Gasteiger partial charge in [0.15, 0.2) is 0 Å². The zero-order valence-electron chi connectivity index (χ0n) is 15.0. The van der Waals surface area contributed by atoms with E-state index in [1.54, 1.807) is 6.20 Å². The van der Waals surface area contributed by atoms with Crippen molar-refractivity contribution in [3.05, 3.63) is 54.2 Å². The van der Waals surface area contributed by atoms with Crippen LogP contribution in [0.3, 0.4) is 0 Å². The highest BCUT2D eigenvalue weighted by atomic mass is 16.5. The molecule has 5 heteroatoms. The topological polar surface area (TPSA) is 71.5 Å². The first kappa shape index (κ1) is 18.9. The number of carbonyl (C=O) groups is 1. The van der Waals surface area contributed by atoms with Crippen molar-refractivity contribution in [3.8, 4) is 11.6 Å². The summed E-state index contributed by atoms with van der Waals surface area (Å²) in [7, 11) is 0. The largest absolute Gasteiger partial charge is 0.480 e. The van der Waals surface area contributed by atoms with Gasteiger partial charge < -0.3 is 15.2 Å². The van der Waals surface area contributed by atoms with E-state index < -0.39 is 12.0 Å². The lowest BCUT2D eigenvalue weighted by Crippen LogP contribution is -2.37. The van der Waals surface area contributed by atoms with Gasteiger partial charge in [0.25, 0.3) is 0 Å². The lowest BCUT2D eigenvalue weighted by Gasteiger charge is -2.21. The monoisotopic (exact) mass is 342 g/mol. The number of nitrogens with one attached hydrogen (secondary N) is 1. The fourth-order valence-electron chi connectivity index (χ4n) is 2.36. The van der Waals surface area contributed by atoms with Crippen molar-refractivity contribution >= 4 is 5.97 Å². The maximum Gasteiger partial charge on any atom is 0.320 e. The first-order chi connectivity index (χ1) is 11.8. The van der Waals surface area contributed by atoms with Gasteiger partial charge in [-0.2, -0.15) is 0 Å². The Morgan fingerprint density at radius 3 is 2.60 bits per heavy atom. The third kappa shape index (κ3) is 6.93.